The first kappa shape index (κ1) is 12.3. The summed E-state index contributed by atoms with van der Waals surface area (Å²) in [4.78, 5) is 15.2. The Labute approximate surface area is 118 Å². The first-order valence-corrected chi connectivity index (χ1v) is 6.82. The highest BCUT2D eigenvalue weighted by atomic mass is 79.9. The number of aromatic carboxylic acids is 1. The highest BCUT2D eigenvalue weighted by molar-refractivity contribution is 9.10. The zero-order valence-electron chi connectivity index (χ0n) is 10.3. The number of carbonyl (C=O) groups is 1. The van der Waals surface area contributed by atoms with Gasteiger partial charge >= 0.3 is 5.97 Å². The summed E-state index contributed by atoms with van der Waals surface area (Å²) in [6.07, 6.45) is 2.09. The van der Waals surface area contributed by atoms with Crippen molar-refractivity contribution in [3.63, 3.8) is 0 Å². The van der Waals surface area contributed by atoms with E-state index in [1.807, 2.05) is 25.1 Å². The molecule has 1 aromatic carbocycles. The van der Waals surface area contributed by atoms with Crippen LogP contribution in [0.25, 0.3) is 5.69 Å². The van der Waals surface area contributed by atoms with E-state index in [1.54, 1.807) is 4.68 Å². The lowest BCUT2D eigenvalue weighted by Gasteiger charge is -2.08. The van der Waals surface area contributed by atoms with Crippen LogP contribution in [-0.2, 0) is 0 Å². The van der Waals surface area contributed by atoms with Gasteiger partial charge in [-0.25, -0.2) is 14.5 Å². The summed E-state index contributed by atoms with van der Waals surface area (Å²) >= 11 is 3.43. The number of hydrogen-bond acceptors (Lipinski definition) is 3. The molecule has 0 spiro atoms. The number of benzene rings is 1. The van der Waals surface area contributed by atoms with Crippen LogP contribution in [-0.4, -0.2) is 25.8 Å². The van der Waals surface area contributed by atoms with Gasteiger partial charge in [-0.05, 0) is 37.5 Å². The minimum Gasteiger partial charge on any atom is -0.475 e. The zero-order valence-corrected chi connectivity index (χ0v) is 11.9. The molecular weight excluding hydrogens is 310 g/mol. The lowest BCUT2D eigenvalue weighted by Crippen LogP contribution is -2.05. The molecule has 0 saturated heterocycles. The number of carboxylic acid groups (broad SMARTS) is 1. The van der Waals surface area contributed by atoms with Crippen LogP contribution in [0.2, 0.25) is 0 Å². The van der Waals surface area contributed by atoms with Crippen molar-refractivity contribution in [1.29, 1.82) is 0 Å². The van der Waals surface area contributed by atoms with Crippen LogP contribution in [0.15, 0.2) is 22.7 Å². The minimum atomic E-state index is -1.09. The van der Waals surface area contributed by atoms with Crippen molar-refractivity contribution < 1.29 is 9.90 Å². The van der Waals surface area contributed by atoms with Crippen LogP contribution >= 0.6 is 15.9 Å². The van der Waals surface area contributed by atoms with Gasteiger partial charge in [0.15, 0.2) is 0 Å². The molecule has 19 heavy (non-hydrogen) atoms. The highest BCUT2D eigenvalue weighted by Crippen LogP contribution is 2.40. The van der Waals surface area contributed by atoms with Crippen LogP contribution < -0.4 is 0 Å². The molecule has 3 rings (SSSR count). The molecule has 98 valence electrons. The standard InChI is InChI=1S/C13H12BrN3O2/c1-7-2-5-9(14)6-10(7)17-12(8-3-4-8)15-11(16-17)13(18)19/h2,5-6,8H,3-4H2,1H3,(H,18,19). The Hall–Kier alpha value is -1.69. The number of aryl methyl sites for hydroxylation is 1. The average Bonchev–Trinajstić information content (AvgIpc) is 3.11. The van der Waals surface area contributed by atoms with Crippen molar-refractivity contribution in [3.8, 4) is 5.69 Å². The topological polar surface area (TPSA) is 68.0 Å². The maximum atomic E-state index is 11.0. The van der Waals surface area contributed by atoms with E-state index in [9.17, 15) is 4.79 Å². The Morgan fingerprint density at radius 2 is 2.21 bits per heavy atom. The van der Waals surface area contributed by atoms with E-state index in [-0.39, 0.29) is 5.82 Å². The fourth-order valence-corrected chi connectivity index (χ4v) is 2.36. The summed E-state index contributed by atoms with van der Waals surface area (Å²) in [7, 11) is 0. The molecule has 0 amide bonds. The third-order valence-electron chi connectivity index (χ3n) is 3.17. The Balaban J connectivity index is 2.17. The maximum Gasteiger partial charge on any atom is 0.375 e. The second kappa shape index (κ2) is 4.45. The molecule has 1 aliphatic rings. The summed E-state index contributed by atoms with van der Waals surface area (Å²) in [6.45, 7) is 1.97. The van der Waals surface area contributed by atoms with Crippen molar-refractivity contribution in [2.24, 2.45) is 0 Å². The Morgan fingerprint density at radius 3 is 2.84 bits per heavy atom. The maximum absolute atomic E-state index is 11.0. The predicted octanol–water partition coefficient (Wildman–Crippen LogP) is 2.91. The van der Waals surface area contributed by atoms with Gasteiger partial charge in [-0.1, -0.05) is 22.0 Å². The Morgan fingerprint density at radius 1 is 1.47 bits per heavy atom. The summed E-state index contributed by atoms with van der Waals surface area (Å²) in [5.74, 6) is -0.146. The molecule has 0 aliphatic heterocycles. The van der Waals surface area contributed by atoms with Gasteiger partial charge in [0.05, 0.1) is 5.69 Å². The molecule has 1 aliphatic carbocycles. The summed E-state index contributed by atoms with van der Waals surface area (Å²) < 4.78 is 2.60. The van der Waals surface area contributed by atoms with Crippen LogP contribution in [0.1, 0.15) is 40.8 Å². The van der Waals surface area contributed by atoms with E-state index in [2.05, 4.69) is 26.0 Å². The van der Waals surface area contributed by atoms with Gasteiger partial charge in [0.1, 0.15) is 5.82 Å². The SMILES string of the molecule is Cc1ccc(Br)cc1-n1nc(C(=O)O)nc1C1CC1. The molecule has 1 N–H and O–H groups in total. The third-order valence-corrected chi connectivity index (χ3v) is 3.66. The number of aromatic nitrogens is 3. The first-order chi connectivity index (χ1) is 9.06. The van der Waals surface area contributed by atoms with Gasteiger partial charge < -0.3 is 5.11 Å². The van der Waals surface area contributed by atoms with Crippen molar-refractivity contribution in [1.82, 2.24) is 14.8 Å². The number of hydrogen-bond donors (Lipinski definition) is 1. The van der Waals surface area contributed by atoms with E-state index in [0.29, 0.717) is 5.92 Å². The highest BCUT2D eigenvalue weighted by Gasteiger charge is 2.31. The number of rotatable bonds is 3. The van der Waals surface area contributed by atoms with E-state index >= 15 is 0 Å². The fourth-order valence-electron chi connectivity index (χ4n) is 2.01. The van der Waals surface area contributed by atoms with E-state index in [1.165, 1.54) is 0 Å². The molecule has 1 fully saturated rings. The molecule has 1 aromatic heterocycles. The van der Waals surface area contributed by atoms with Gasteiger partial charge in [-0.15, -0.1) is 5.10 Å². The van der Waals surface area contributed by atoms with Crippen LogP contribution in [0.3, 0.4) is 0 Å². The predicted molar refractivity (Wildman–Crippen MR) is 72.7 cm³/mol. The molecule has 1 saturated carbocycles. The average molecular weight is 322 g/mol. The quantitative estimate of drug-likeness (QED) is 0.943. The molecule has 0 atom stereocenters. The molecule has 1 heterocycles. The third kappa shape index (κ3) is 2.28. The molecule has 0 unspecified atom stereocenters. The number of halogens is 1. The van der Waals surface area contributed by atoms with Gasteiger partial charge in [-0.3, -0.25) is 0 Å². The van der Waals surface area contributed by atoms with Gasteiger partial charge in [0, 0.05) is 10.4 Å². The minimum absolute atomic E-state index is 0.138. The second-order valence-electron chi connectivity index (χ2n) is 4.72. The molecule has 0 radical (unpaired) electrons. The first-order valence-electron chi connectivity index (χ1n) is 6.03. The molecule has 6 heteroatoms. The summed E-state index contributed by atoms with van der Waals surface area (Å²) in [5, 5.41) is 13.2. The zero-order chi connectivity index (χ0) is 13.6. The van der Waals surface area contributed by atoms with Crippen LogP contribution in [0.4, 0.5) is 0 Å². The summed E-state index contributed by atoms with van der Waals surface area (Å²) in [5.41, 5.74) is 1.91. The van der Waals surface area contributed by atoms with Crippen LogP contribution in [0, 0.1) is 6.92 Å². The van der Waals surface area contributed by atoms with Crippen molar-refractivity contribution in [3.05, 3.63) is 39.9 Å². The van der Waals surface area contributed by atoms with Gasteiger partial charge in [0.25, 0.3) is 5.82 Å². The van der Waals surface area contributed by atoms with Gasteiger partial charge in [-0.2, -0.15) is 0 Å². The largest absolute Gasteiger partial charge is 0.475 e. The number of carboxylic acids is 1. The molecule has 0 bridgehead atoms. The fraction of sp³-hybridized carbons (Fsp3) is 0.308. The van der Waals surface area contributed by atoms with Crippen molar-refractivity contribution in [2.75, 3.05) is 0 Å². The van der Waals surface area contributed by atoms with E-state index < -0.39 is 5.97 Å². The van der Waals surface area contributed by atoms with E-state index in [0.717, 1.165) is 34.4 Å². The monoisotopic (exact) mass is 321 g/mol. The summed E-state index contributed by atoms with van der Waals surface area (Å²) in [6, 6.07) is 5.85. The normalized spacial score (nSPS) is 14.6. The Kier molecular flexibility index (Phi) is 2.89. The lowest BCUT2D eigenvalue weighted by atomic mass is 10.2. The van der Waals surface area contributed by atoms with E-state index in [4.69, 9.17) is 5.11 Å². The Bertz CT molecular complexity index is 662. The lowest BCUT2D eigenvalue weighted by molar-refractivity contribution is 0.0683. The number of nitrogens with zero attached hydrogens (tertiary/aromatic N) is 3. The molecular formula is C13H12BrN3O2. The van der Waals surface area contributed by atoms with Crippen LogP contribution in [0.5, 0.6) is 0 Å². The second-order valence-corrected chi connectivity index (χ2v) is 5.63. The van der Waals surface area contributed by atoms with Crippen molar-refractivity contribution in [2.45, 2.75) is 25.7 Å². The molecule has 5 nitrogen and oxygen atoms in total. The van der Waals surface area contributed by atoms with Crippen molar-refractivity contribution >= 4 is 21.9 Å². The van der Waals surface area contributed by atoms with Gasteiger partial charge in [0.2, 0.25) is 0 Å². The molecule has 2 aromatic rings. The smallest absolute Gasteiger partial charge is 0.375 e.